The number of nitrogens with two attached hydrogens (primary N) is 1. The summed E-state index contributed by atoms with van der Waals surface area (Å²) in [5.74, 6) is 0.588. The van der Waals surface area contributed by atoms with Gasteiger partial charge in [0.1, 0.15) is 0 Å². The second-order valence-corrected chi connectivity index (χ2v) is 6.58. The molecule has 1 heterocycles. The summed E-state index contributed by atoms with van der Waals surface area (Å²) < 4.78 is 0. The Kier molecular flexibility index (Phi) is 5.56. The van der Waals surface area contributed by atoms with Gasteiger partial charge < -0.3 is 16.0 Å². The molecule has 0 unspecified atom stereocenters. The number of anilines is 1. The molecular weight excluding hydrogens is 284 g/mol. The summed E-state index contributed by atoms with van der Waals surface area (Å²) in [5, 5.41) is 3.40. The fourth-order valence-electron chi connectivity index (χ4n) is 3.36. The SMILES string of the molecule is NC(=NCc1ccc(N2CC=CC2)cc1)NC1CCCCCC1. The molecule has 1 aliphatic heterocycles. The maximum absolute atomic E-state index is 6.06. The zero-order chi connectivity index (χ0) is 15.9. The van der Waals surface area contributed by atoms with Crippen molar-refractivity contribution in [1.82, 2.24) is 5.32 Å². The van der Waals surface area contributed by atoms with Gasteiger partial charge in [0.25, 0.3) is 0 Å². The molecule has 2 aliphatic rings. The van der Waals surface area contributed by atoms with Crippen molar-refractivity contribution in [3.05, 3.63) is 42.0 Å². The van der Waals surface area contributed by atoms with E-state index in [0.29, 0.717) is 18.5 Å². The van der Waals surface area contributed by atoms with Crippen LogP contribution < -0.4 is 16.0 Å². The van der Waals surface area contributed by atoms with Crippen molar-refractivity contribution in [2.45, 2.75) is 51.1 Å². The van der Waals surface area contributed by atoms with Gasteiger partial charge in [0.15, 0.2) is 5.96 Å². The summed E-state index contributed by atoms with van der Waals surface area (Å²) in [6.45, 7) is 2.66. The highest BCUT2D eigenvalue weighted by atomic mass is 15.1. The first-order valence-electron chi connectivity index (χ1n) is 8.86. The molecule has 0 radical (unpaired) electrons. The van der Waals surface area contributed by atoms with Gasteiger partial charge in [0.2, 0.25) is 0 Å². The highest BCUT2D eigenvalue weighted by Gasteiger charge is 2.12. The normalized spacial score (nSPS) is 19.8. The second-order valence-electron chi connectivity index (χ2n) is 6.58. The summed E-state index contributed by atoms with van der Waals surface area (Å²) in [4.78, 5) is 6.85. The van der Waals surface area contributed by atoms with Crippen molar-refractivity contribution < 1.29 is 0 Å². The summed E-state index contributed by atoms with van der Waals surface area (Å²) in [7, 11) is 0. The number of aliphatic imine (C=N–C) groups is 1. The average Bonchev–Trinajstić information content (AvgIpc) is 2.99. The van der Waals surface area contributed by atoms with Crippen LogP contribution in [0.5, 0.6) is 0 Å². The van der Waals surface area contributed by atoms with Gasteiger partial charge in [-0.1, -0.05) is 50.0 Å². The van der Waals surface area contributed by atoms with E-state index < -0.39 is 0 Å². The molecule has 0 atom stereocenters. The molecule has 0 spiro atoms. The Hall–Kier alpha value is -1.97. The molecule has 1 aromatic carbocycles. The third kappa shape index (κ3) is 4.75. The lowest BCUT2D eigenvalue weighted by atomic mass is 10.1. The van der Waals surface area contributed by atoms with Gasteiger partial charge in [0, 0.05) is 24.8 Å². The predicted molar refractivity (Wildman–Crippen MR) is 97.7 cm³/mol. The molecule has 3 N–H and O–H groups in total. The molecule has 0 amide bonds. The number of hydrogen-bond acceptors (Lipinski definition) is 2. The van der Waals surface area contributed by atoms with Crippen LogP contribution >= 0.6 is 0 Å². The van der Waals surface area contributed by atoms with E-state index >= 15 is 0 Å². The molecule has 4 nitrogen and oxygen atoms in total. The van der Waals surface area contributed by atoms with Gasteiger partial charge in [-0.2, -0.15) is 0 Å². The van der Waals surface area contributed by atoms with Crippen LogP contribution in [0.15, 0.2) is 41.4 Å². The summed E-state index contributed by atoms with van der Waals surface area (Å²) in [6, 6.07) is 9.15. The van der Waals surface area contributed by atoms with Gasteiger partial charge in [-0.05, 0) is 30.5 Å². The predicted octanol–water partition coefficient (Wildman–Crippen LogP) is 3.19. The van der Waals surface area contributed by atoms with E-state index in [1.165, 1.54) is 49.8 Å². The maximum atomic E-state index is 6.06. The number of hydrogen-bond donors (Lipinski definition) is 2. The van der Waals surface area contributed by atoms with Crippen molar-refractivity contribution in [1.29, 1.82) is 0 Å². The molecule has 1 saturated carbocycles. The van der Waals surface area contributed by atoms with Crippen molar-refractivity contribution in [2.75, 3.05) is 18.0 Å². The molecule has 3 rings (SSSR count). The van der Waals surface area contributed by atoms with Crippen LogP contribution in [0, 0.1) is 0 Å². The van der Waals surface area contributed by atoms with Crippen LogP contribution in [0.4, 0.5) is 5.69 Å². The van der Waals surface area contributed by atoms with Crippen molar-refractivity contribution in [3.8, 4) is 0 Å². The van der Waals surface area contributed by atoms with E-state index in [2.05, 4.69) is 51.6 Å². The minimum Gasteiger partial charge on any atom is -0.370 e. The Bertz CT molecular complexity index is 531. The first-order chi connectivity index (χ1) is 11.3. The van der Waals surface area contributed by atoms with E-state index in [1.54, 1.807) is 0 Å². The number of benzene rings is 1. The average molecular weight is 312 g/mol. The number of nitrogens with one attached hydrogen (secondary N) is 1. The Morgan fingerprint density at radius 2 is 1.70 bits per heavy atom. The minimum atomic E-state index is 0.506. The third-order valence-electron chi connectivity index (χ3n) is 4.76. The topological polar surface area (TPSA) is 53.6 Å². The fraction of sp³-hybridized carbons (Fsp3) is 0.526. The van der Waals surface area contributed by atoms with E-state index in [9.17, 15) is 0 Å². The Balaban J connectivity index is 1.49. The first kappa shape index (κ1) is 15.9. The summed E-state index contributed by atoms with van der Waals surface area (Å²) in [5.41, 5.74) is 8.53. The van der Waals surface area contributed by atoms with Crippen LogP contribution in [0.2, 0.25) is 0 Å². The molecule has 1 fully saturated rings. The highest BCUT2D eigenvalue weighted by Crippen LogP contribution is 2.18. The van der Waals surface area contributed by atoms with Crippen molar-refractivity contribution in [2.24, 2.45) is 10.7 Å². The largest absolute Gasteiger partial charge is 0.370 e. The maximum Gasteiger partial charge on any atom is 0.189 e. The number of guanidine groups is 1. The number of rotatable bonds is 4. The van der Waals surface area contributed by atoms with E-state index in [1.807, 2.05) is 0 Å². The number of nitrogens with zero attached hydrogens (tertiary/aromatic N) is 2. The standard InChI is InChI=1S/C19H28N4/c20-19(22-17-7-3-1-2-4-8-17)21-15-16-9-11-18(12-10-16)23-13-5-6-14-23/h5-6,9-12,17H,1-4,7-8,13-15H2,(H3,20,21,22). The van der Waals surface area contributed by atoms with E-state index in [4.69, 9.17) is 5.73 Å². The molecule has 0 bridgehead atoms. The quantitative estimate of drug-likeness (QED) is 0.388. The fourth-order valence-corrected chi connectivity index (χ4v) is 3.36. The third-order valence-corrected chi connectivity index (χ3v) is 4.76. The van der Waals surface area contributed by atoms with Crippen molar-refractivity contribution >= 4 is 11.6 Å². The molecule has 4 heteroatoms. The van der Waals surface area contributed by atoms with Crippen molar-refractivity contribution in [3.63, 3.8) is 0 Å². The van der Waals surface area contributed by atoms with Crippen LogP contribution in [0.1, 0.15) is 44.1 Å². The lowest BCUT2D eigenvalue weighted by Gasteiger charge is -2.18. The zero-order valence-electron chi connectivity index (χ0n) is 13.9. The van der Waals surface area contributed by atoms with Gasteiger partial charge in [-0.15, -0.1) is 0 Å². The molecule has 23 heavy (non-hydrogen) atoms. The molecule has 0 saturated heterocycles. The Labute approximate surface area is 139 Å². The van der Waals surface area contributed by atoms with Crippen LogP contribution in [-0.4, -0.2) is 25.1 Å². The van der Waals surface area contributed by atoms with Gasteiger partial charge in [-0.25, -0.2) is 4.99 Å². The molecule has 1 aliphatic carbocycles. The summed E-state index contributed by atoms with van der Waals surface area (Å²) >= 11 is 0. The lowest BCUT2D eigenvalue weighted by molar-refractivity contribution is 0.530. The molecule has 1 aromatic rings. The second kappa shape index (κ2) is 8.04. The highest BCUT2D eigenvalue weighted by molar-refractivity contribution is 5.78. The van der Waals surface area contributed by atoms with Gasteiger partial charge in [0.05, 0.1) is 6.54 Å². The zero-order valence-corrected chi connectivity index (χ0v) is 13.9. The Morgan fingerprint density at radius 3 is 2.35 bits per heavy atom. The molecular formula is C19H28N4. The van der Waals surface area contributed by atoms with E-state index in [0.717, 1.165) is 13.1 Å². The first-order valence-corrected chi connectivity index (χ1v) is 8.86. The Morgan fingerprint density at radius 1 is 1.04 bits per heavy atom. The lowest BCUT2D eigenvalue weighted by Crippen LogP contribution is -2.39. The van der Waals surface area contributed by atoms with Crippen LogP contribution in [0.3, 0.4) is 0 Å². The minimum absolute atomic E-state index is 0.506. The molecule has 124 valence electrons. The van der Waals surface area contributed by atoms with E-state index in [-0.39, 0.29) is 0 Å². The smallest absolute Gasteiger partial charge is 0.189 e. The van der Waals surface area contributed by atoms with Crippen LogP contribution in [0.25, 0.3) is 0 Å². The van der Waals surface area contributed by atoms with Crippen LogP contribution in [-0.2, 0) is 6.54 Å². The van der Waals surface area contributed by atoms with Gasteiger partial charge in [-0.3, -0.25) is 0 Å². The van der Waals surface area contributed by atoms with Gasteiger partial charge >= 0.3 is 0 Å². The monoisotopic (exact) mass is 312 g/mol. The molecule has 0 aromatic heterocycles. The summed E-state index contributed by atoms with van der Waals surface area (Å²) in [6.07, 6.45) is 12.2.